The highest BCUT2D eigenvalue weighted by molar-refractivity contribution is 6.05. The molecule has 2 N–H and O–H groups in total. The summed E-state index contributed by atoms with van der Waals surface area (Å²) in [6.45, 7) is 5.94. The van der Waals surface area contributed by atoms with Gasteiger partial charge in [0, 0.05) is 36.1 Å². The number of hydrogen-bond donors (Lipinski definition) is 2. The zero-order valence-corrected chi connectivity index (χ0v) is 16.8. The van der Waals surface area contributed by atoms with Crippen LogP contribution in [0.2, 0.25) is 0 Å². The second-order valence-electron chi connectivity index (χ2n) is 7.32. The monoisotopic (exact) mass is 387 g/mol. The van der Waals surface area contributed by atoms with Crippen molar-refractivity contribution in [2.45, 2.75) is 26.7 Å². The third-order valence-electron chi connectivity index (χ3n) is 5.06. The standard InChI is InChI=1S/C23H25N5O/c1-16-7-3-4-8-20(16)23(29)27-19-11-9-18(10-12-19)26-21-15-22(25-17(2)24-21)28-13-5-6-14-28/h3-4,7-12,15H,5-6,13-14H2,1-2H3,(H,27,29)(H,24,25,26). The van der Waals surface area contributed by atoms with E-state index in [1.54, 1.807) is 0 Å². The number of rotatable bonds is 5. The lowest BCUT2D eigenvalue weighted by Gasteiger charge is -2.18. The molecule has 1 saturated heterocycles. The Labute approximate surface area is 171 Å². The van der Waals surface area contributed by atoms with Gasteiger partial charge in [-0.1, -0.05) is 18.2 Å². The van der Waals surface area contributed by atoms with Crippen LogP contribution in [0, 0.1) is 13.8 Å². The average Bonchev–Trinajstić information content (AvgIpc) is 3.24. The third-order valence-corrected chi connectivity index (χ3v) is 5.06. The maximum Gasteiger partial charge on any atom is 0.255 e. The molecule has 0 spiro atoms. The summed E-state index contributed by atoms with van der Waals surface area (Å²) in [5.74, 6) is 2.39. The first kappa shape index (κ1) is 18.9. The fraction of sp³-hybridized carbons (Fsp3) is 0.261. The van der Waals surface area contributed by atoms with Crippen LogP contribution < -0.4 is 15.5 Å². The van der Waals surface area contributed by atoms with Crippen molar-refractivity contribution in [3.8, 4) is 0 Å². The molecule has 0 atom stereocenters. The number of aryl methyl sites for hydroxylation is 2. The topological polar surface area (TPSA) is 70.2 Å². The number of benzene rings is 2. The Kier molecular flexibility index (Phi) is 5.42. The van der Waals surface area contributed by atoms with Crippen LogP contribution >= 0.6 is 0 Å². The van der Waals surface area contributed by atoms with Crippen molar-refractivity contribution in [3.63, 3.8) is 0 Å². The Morgan fingerprint density at radius 3 is 2.34 bits per heavy atom. The van der Waals surface area contributed by atoms with Crippen LogP contribution in [-0.2, 0) is 0 Å². The molecule has 148 valence electrons. The summed E-state index contributed by atoms with van der Waals surface area (Å²) in [5, 5.41) is 6.29. The summed E-state index contributed by atoms with van der Waals surface area (Å²) >= 11 is 0. The Balaban J connectivity index is 1.45. The normalized spacial score (nSPS) is 13.4. The number of aromatic nitrogens is 2. The number of carbonyl (C=O) groups excluding carboxylic acids is 1. The van der Waals surface area contributed by atoms with E-state index in [0.717, 1.165) is 47.5 Å². The fourth-order valence-electron chi connectivity index (χ4n) is 3.54. The number of nitrogens with zero attached hydrogens (tertiary/aromatic N) is 3. The van der Waals surface area contributed by atoms with Gasteiger partial charge in [-0.15, -0.1) is 0 Å². The van der Waals surface area contributed by atoms with E-state index in [1.165, 1.54) is 12.8 Å². The molecular formula is C23H25N5O. The first-order valence-corrected chi connectivity index (χ1v) is 9.93. The Hall–Kier alpha value is -3.41. The molecule has 0 radical (unpaired) electrons. The molecule has 0 saturated carbocycles. The number of nitrogens with one attached hydrogen (secondary N) is 2. The van der Waals surface area contributed by atoms with E-state index in [0.29, 0.717) is 5.56 Å². The van der Waals surface area contributed by atoms with Crippen molar-refractivity contribution in [2.75, 3.05) is 28.6 Å². The van der Waals surface area contributed by atoms with Crippen molar-refractivity contribution >= 4 is 28.9 Å². The SMILES string of the molecule is Cc1nc(Nc2ccc(NC(=O)c3ccccc3C)cc2)cc(N2CCCC2)n1. The fourth-order valence-corrected chi connectivity index (χ4v) is 3.54. The summed E-state index contributed by atoms with van der Waals surface area (Å²) in [4.78, 5) is 23.8. The van der Waals surface area contributed by atoms with Gasteiger partial charge in [-0.05, 0) is 62.6 Å². The summed E-state index contributed by atoms with van der Waals surface area (Å²) in [6.07, 6.45) is 2.42. The Morgan fingerprint density at radius 2 is 1.62 bits per heavy atom. The molecule has 1 aromatic heterocycles. The molecule has 2 aromatic carbocycles. The quantitative estimate of drug-likeness (QED) is 0.665. The first-order chi connectivity index (χ1) is 14.1. The highest BCUT2D eigenvalue weighted by Crippen LogP contribution is 2.24. The van der Waals surface area contributed by atoms with Gasteiger partial charge in [0.05, 0.1) is 0 Å². The number of hydrogen-bond acceptors (Lipinski definition) is 5. The lowest BCUT2D eigenvalue weighted by Crippen LogP contribution is -2.19. The van der Waals surface area contributed by atoms with Crippen LogP contribution in [0.5, 0.6) is 0 Å². The van der Waals surface area contributed by atoms with E-state index < -0.39 is 0 Å². The predicted octanol–water partition coefficient (Wildman–Crippen LogP) is 4.69. The summed E-state index contributed by atoms with van der Waals surface area (Å²) in [5.41, 5.74) is 3.29. The van der Waals surface area contributed by atoms with Gasteiger partial charge in [0.2, 0.25) is 0 Å². The summed E-state index contributed by atoms with van der Waals surface area (Å²) in [7, 11) is 0. The lowest BCUT2D eigenvalue weighted by atomic mass is 10.1. The minimum atomic E-state index is -0.106. The van der Waals surface area contributed by atoms with Crippen molar-refractivity contribution in [2.24, 2.45) is 0 Å². The van der Waals surface area contributed by atoms with Gasteiger partial charge >= 0.3 is 0 Å². The molecular weight excluding hydrogens is 362 g/mol. The number of carbonyl (C=O) groups is 1. The molecule has 1 aliphatic rings. The van der Waals surface area contributed by atoms with Gasteiger partial charge in [0.15, 0.2) is 0 Å². The van der Waals surface area contributed by atoms with Crippen molar-refractivity contribution < 1.29 is 4.79 Å². The Morgan fingerprint density at radius 1 is 0.931 bits per heavy atom. The molecule has 6 heteroatoms. The first-order valence-electron chi connectivity index (χ1n) is 9.93. The van der Waals surface area contributed by atoms with Gasteiger partial charge in [-0.25, -0.2) is 9.97 Å². The zero-order chi connectivity index (χ0) is 20.2. The maximum atomic E-state index is 12.5. The summed E-state index contributed by atoms with van der Waals surface area (Å²) in [6, 6.07) is 17.2. The minimum absolute atomic E-state index is 0.106. The molecule has 29 heavy (non-hydrogen) atoms. The highest BCUT2D eigenvalue weighted by atomic mass is 16.1. The van der Waals surface area contributed by atoms with Crippen molar-refractivity contribution in [1.29, 1.82) is 0 Å². The number of amides is 1. The molecule has 1 aliphatic heterocycles. The zero-order valence-electron chi connectivity index (χ0n) is 16.8. The lowest BCUT2D eigenvalue weighted by molar-refractivity contribution is 0.102. The molecule has 1 amide bonds. The predicted molar refractivity (Wildman–Crippen MR) is 117 cm³/mol. The van der Waals surface area contributed by atoms with E-state index in [1.807, 2.05) is 68.4 Å². The molecule has 4 rings (SSSR count). The number of anilines is 4. The van der Waals surface area contributed by atoms with Gasteiger partial charge in [0.25, 0.3) is 5.91 Å². The van der Waals surface area contributed by atoms with Crippen LogP contribution in [0.3, 0.4) is 0 Å². The Bertz CT molecular complexity index is 1010. The molecule has 0 aliphatic carbocycles. The van der Waals surface area contributed by atoms with Crippen molar-refractivity contribution in [1.82, 2.24) is 9.97 Å². The molecule has 2 heterocycles. The van der Waals surface area contributed by atoms with E-state index in [-0.39, 0.29) is 5.91 Å². The van der Waals surface area contributed by atoms with E-state index >= 15 is 0 Å². The highest BCUT2D eigenvalue weighted by Gasteiger charge is 2.15. The minimum Gasteiger partial charge on any atom is -0.356 e. The largest absolute Gasteiger partial charge is 0.356 e. The van der Waals surface area contributed by atoms with E-state index in [4.69, 9.17) is 0 Å². The van der Waals surface area contributed by atoms with Gasteiger partial charge < -0.3 is 15.5 Å². The molecule has 3 aromatic rings. The molecule has 0 unspecified atom stereocenters. The van der Waals surface area contributed by atoms with Crippen LogP contribution in [0.1, 0.15) is 34.6 Å². The second-order valence-corrected chi connectivity index (χ2v) is 7.32. The van der Waals surface area contributed by atoms with Gasteiger partial charge in [0.1, 0.15) is 17.5 Å². The van der Waals surface area contributed by atoms with Crippen molar-refractivity contribution in [3.05, 3.63) is 71.5 Å². The van der Waals surface area contributed by atoms with Crippen LogP contribution in [0.4, 0.5) is 23.0 Å². The summed E-state index contributed by atoms with van der Waals surface area (Å²) < 4.78 is 0. The van der Waals surface area contributed by atoms with Crippen LogP contribution in [0.25, 0.3) is 0 Å². The smallest absolute Gasteiger partial charge is 0.255 e. The molecule has 0 bridgehead atoms. The third kappa shape index (κ3) is 4.54. The van der Waals surface area contributed by atoms with Crippen LogP contribution in [-0.4, -0.2) is 29.0 Å². The van der Waals surface area contributed by atoms with Gasteiger partial charge in [-0.3, -0.25) is 4.79 Å². The van der Waals surface area contributed by atoms with Crippen LogP contribution in [0.15, 0.2) is 54.6 Å². The van der Waals surface area contributed by atoms with E-state index in [9.17, 15) is 4.79 Å². The average molecular weight is 387 g/mol. The van der Waals surface area contributed by atoms with Gasteiger partial charge in [-0.2, -0.15) is 0 Å². The molecule has 1 fully saturated rings. The molecule has 6 nitrogen and oxygen atoms in total. The maximum absolute atomic E-state index is 12.5. The van der Waals surface area contributed by atoms with E-state index in [2.05, 4.69) is 25.5 Å². The second kappa shape index (κ2) is 8.31.